The van der Waals surface area contributed by atoms with E-state index in [2.05, 4.69) is 78.1 Å². The van der Waals surface area contributed by atoms with E-state index >= 15 is 0 Å². The number of hydrogen-bond donors (Lipinski definition) is 0. The lowest BCUT2D eigenvalue weighted by molar-refractivity contribution is -0.450. The van der Waals surface area contributed by atoms with E-state index in [1.807, 2.05) is 0 Å². The summed E-state index contributed by atoms with van der Waals surface area (Å²) >= 11 is 0. The molecule has 2 aromatic carbocycles. The lowest BCUT2D eigenvalue weighted by Gasteiger charge is -2.03. The highest BCUT2D eigenvalue weighted by Crippen LogP contribution is 2.20. The molecule has 1 heteroatoms. The number of rotatable bonds is 0. The van der Waals surface area contributed by atoms with Crippen molar-refractivity contribution in [2.75, 3.05) is 0 Å². The number of aromatic nitrogens is 1. The van der Waals surface area contributed by atoms with Crippen molar-refractivity contribution in [1.29, 1.82) is 0 Å². The highest BCUT2D eigenvalue weighted by molar-refractivity contribution is 5.85. The summed E-state index contributed by atoms with van der Waals surface area (Å²) in [5, 5.41) is 2.59. The average Bonchev–Trinajstić information content (AvgIpc) is 2.47. The Hall–Kier alpha value is -2.41. The fourth-order valence-corrected chi connectivity index (χ4v) is 2.90. The molecule has 0 spiro atoms. The van der Waals surface area contributed by atoms with E-state index in [4.69, 9.17) is 0 Å². The Morgan fingerprint density at radius 3 is 2.37 bits per heavy atom. The lowest BCUT2D eigenvalue weighted by Crippen LogP contribution is -2.24. The van der Waals surface area contributed by atoms with Crippen molar-refractivity contribution in [3.05, 3.63) is 72.3 Å². The predicted octanol–water partition coefficient (Wildman–Crippen LogP) is 4.04. The third-order valence-electron chi connectivity index (χ3n) is 3.80. The zero-order valence-corrected chi connectivity index (χ0v) is 10.8. The summed E-state index contributed by atoms with van der Waals surface area (Å²) in [6, 6.07) is 23.8. The van der Waals surface area contributed by atoms with E-state index in [1.165, 1.54) is 32.9 Å². The molecule has 2 heterocycles. The van der Waals surface area contributed by atoms with Gasteiger partial charge in [0.25, 0.3) is 0 Å². The standard InChI is InChI=1S/C18H14N/c1-13-12-15-11-10-14-6-2-4-8-17(14)19(15)18-9-5-3-7-16(13)18/h2-12H,1H3/q+1. The molecule has 0 aliphatic carbocycles. The van der Waals surface area contributed by atoms with Crippen LogP contribution in [0, 0.1) is 6.92 Å². The van der Waals surface area contributed by atoms with Gasteiger partial charge in [0, 0.05) is 35.0 Å². The second kappa shape index (κ2) is 3.79. The van der Waals surface area contributed by atoms with Crippen LogP contribution in [0.25, 0.3) is 27.3 Å². The Balaban J connectivity index is 2.39. The third-order valence-corrected chi connectivity index (χ3v) is 3.80. The second-order valence-corrected chi connectivity index (χ2v) is 5.00. The smallest absolute Gasteiger partial charge is 0.153 e. The summed E-state index contributed by atoms with van der Waals surface area (Å²) in [5.41, 5.74) is 5.10. The minimum atomic E-state index is 1.25. The minimum absolute atomic E-state index is 1.25. The van der Waals surface area contributed by atoms with Gasteiger partial charge in [-0.15, -0.1) is 0 Å². The van der Waals surface area contributed by atoms with Gasteiger partial charge in [-0.3, -0.25) is 0 Å². The lowest BCUT2D eigenvalue weighted by atomic mass is 10.1. The molecule has 90 valence electrons. The van der Waals surface area contributed by atoms with Crippen LogP contribution in [0.15, 0.2) is 66.7 Å². The zero-order valence-electron chi connectivity index (χ0n) is 10.8. The number of para-hydroxylation sites is 2. The molecule has 0 saturated heterocycles. The topological polar surface area (TPSA) is 4.10 Å². The zero-order chi connectivity index (χ0) is 12.8. The Bertz CT molecular complexity index is 922. The molecule has 4 aromatic rings. The number of fused-ring (bicyclic) bond motifs is 5. The van der Waals surface area contributed by atoms with Gasteiger partial charge >= 0.3 is 0 Å². The van der Waals surface area contributed by atoms with Crippen LogP contribution >= 0.6 is 0 Å². The molecule has 19 heavy (non-hydrogen) atoms. The highest BCUT2D eigenvalue weighted by atomic mass is 14.9. The first-order valence-electron chi connectivity index (χ1n) is 6.56. The molecule has 0 amide bonds. The van der Waals surface area contributed by atoms with E-state index in [0.29, 0.717) is 0 Å². The van der Waals surface area contributed by atoms with E-state index in [-0.39, 0.29) is 0 Å². The van der Waals surface area contributed by atoms with Gasteiger partial charge < -0.3 is 0 Å². The van der Waals surface area contributed by atoms with Crippen molar-refractivity contribution < 1.29 is 4.40 Å². The molecule has 4 rings (SSSR count). The van der Waals surface area contributed by atoms with E-state index < -0.39 is 0 Å². The number of aryl methyl sites for hydroxylation is 1. The molecule has 0 fully saturated rings. The third kappa shape index (κ3) is 1.45. The first kappa shape index (κ1) is 10.5. The number of pyridine rings is 2. The molecule has 2 aromatic heterocycles. The molecule has 0 aliphatic rings. The van der Waals surface area contributed by atoms with Gasteiger partial charge in [0.05, 0.1) is 0 Å². The first-order chi connectivity index (χ1) is 9.34. The van der Waals surface area contributed by atoms with E-state index in [1.54, 1.807) is 0 Å². The van der Waals surface area contributed by atoms with Crippen LogP contribution in [0.1, 0.15) is 5.56 Å². The van der Waals surface area contributed by atoms with Gasteiger partial charge in [0.1, 0.15) is 0 Å². The highest BCUT2D eigenvalue weighted by Gasteiger charge is 2.14. The Kier molecular flexibility index (Phi) is 2.10. The molecule has 0 atom stereocenters. The maximum absolute atomic E-state index is 2.34. The maximum atomic E-state index is 2.34. The van der Waals surface area contributed by atoms with Crippen LogP contribution in [0.2, 0.25) is 0 Å². The van der Waals surface area contributed by atoms with Gasteiger partial charge in [-0.25, -0.2) is 0 Å². The van der Waals surface area contributed by atoms with Crippen LogP contribution in [-0.4, -0.2) is 0 Å². The number of benzene rings is 2. The van der Waals surface area contributed by atoms with Crippen LogP contribution in [0.3, 0.4) is 0 Å². The Morgan fingerprint density at radius 1 is 0.737 bits per heavy atom. The quantitative estimate of drug-likeness (QED) is 0.325. The van der Waals surface area contributed by atoms with Crippen LogP contribution < -0.4 is 4.40 Å². The minimum Gasteiger partial charge on any atom is -0.153 e. The summed E-state index contributed by atoms with van der Waals surface area (Å²) < 4.78 is 2.34. The molecule has 1 nitrogen and oxygen atoms in total. The molecule has 0 unspecified atom stereocenters. The monoisotopic (exact) mass is 244 g/mol. The van der Waals surface area contributed by atoms with Crippen molar-refractivity contribution in [3.63, 3.8) is 0 Å². The van der Waals surface area contributed by atoms with Crippen LogP contribution in [0.5, 0.6) is 0 Å². The summed E-state index contributed by atoms with van der Waals surface area (Å²) in [6.07, 6.45) is 0. The molecule has 0 N–H and O–H groups in total. The molecular formula is C18H14N+. The SMILES string of the molecule is Cc1cc2ccc3ccccc3[n+]2c2ccccc12. The molecular weight excluding hydrogens is 230 g/mol. The Labute approximate surface area is 111 Å². The second-order valence-electron chi connectivity index (χ2n) is 5.00. The number of nitrogens with zero attached hydrogens (tertiary/aromatic N) is 1. The van der Waals surface area contributed by atoms with Crippen LogP contribution in [-0.2, 0) is 0 Å². The van der Waals surface area contributed by atoms with Gasteiger partial charge in [0.15, 0.2) is 0 Å². The summed E-state index contributed by atoms with van der Waals surface area (Å²) in [4.78, 5) is 0. The fraction of sp³-hybridized carbons (Fsp3) is 0.0556. The van der Waals surface area contributed by atoms with Crippen molar-refractivity contribution in [3.8, 4) is 0 Å². The largest absolute Gasteiger partial charge is 0.219 e. The van der Waals surface area contributed by atoms with Gasteiger partial charge in [-0.2, -0.15) is 4.40 Å². The summed E-state index contributed by atoms with van der Waals surface area (Å²) in [5.74, 6) is 0. The van der Waals surface area contributed by atoms with Gasteiger partial charge in [-0.05, 0) is 30.7 Å². The average molecular weight is 244 g/mol. The van der Waals surface area contributed by atoms with Gasteiger partial charge in [-0.1, -0.05) is 24.3 Å². The van der Waals surface area contributed by atoms with Gasteiger partial charge in [0.2, 0.25) is 16.6 Å². The van der Waals surface area contributed by atoms with E-state index in [9.17, 15) is 0 Å². The first-order valence-corrected chi connectivity index (χ1v) is 6.56. The number of hydrogen-bond acceptors (Lipinski definition) is 0. The Morgan fingerprint density at radius 2 is 1.47 bits per heavy atom. The van der Waals surface area contributed by atoms with E-state index in [0.717, 1.165) is 0 Å². The molecule has 0 aliphatic heterocycles. The molecule has 0 saturated carbocycles. The summed E-state index contributed by atoms with van der Waals surface area (Å²) in [7, 11) is 0. The van der Waals surface area contributed by atoms with Crippen molar-refractivity contribution in [1.82, 2.24) is 0 Å². The van der Waals surface area contributed by atoms with Crippen molar-refractivity contribution in [2.45, 2.75) is 6.92 Å². The predicted molar refractivity (Wildman–Crippen MR) is 79.4 cm³/mol. The normalized spacial score (nSPS) is 11.4. The van der Waals surface area contributed by atoms with Crippen LogP contribution in [0.4, 0.5) is 0 Å². The summed E-state index contributed by atoms with van der Waals surface area (Å²) in [6.45, 7) is 2.18. The van der Waals surface area contributed by atoms with Crippen molar-refractivity contribution in [2.24, 2.45) is 0 Å². The fourth-order valence-electron chi connectivity index (χ4n) is 2.90. The maximum Gasteiger partial charge on any atom is 0.219 e. The van der Waals surface area contributed by atoms with Crippen molar-refractivity contribution >= 4 is 27.3 Å². The molecule has 0 radical (unpaired) electrons. The molecule has 0 bridgehead atoms.